The minimum Gasteiger partial charge on any atom is -0.480 e. The van der Waals surface area contributed by atoms with Crippen LogP contribution in [0.3, 0.4) is 0 Å². The summed E-state index contributed by atoms with van der Waals surface area (Å²) >= 11 is 0. The number of nitrogens with two attached hydrogens (primary N) is 1. The second-order valence-corrected chi connectivity index (χ2v) is 3.51. The molecule has 1 aliphatic heterocycles. The molecule has 0 bridgehead atoms. The molecule has 3 N–H and O–H groups in total. The van der Waals surface area contributed by atoms with Crippen molar-refractivity contribution in [2.45, 2.75) is 44.2 Å². The molecule has 13 heavy (non-hydrogen) atoms. The van der Waals surface area contributed by atoms with E-state index >= 15 is 0 Å². The van der Waals surface area contributed by atoms with Crippen molar-refractivity contribution in [3.63, 3.8) is 0 Å². The molecular formula is C9H17NO3. The number of carbonyl (C=O) groups is 1. The summed E-state index contributed by atoms with van der Waals surface area (Å²) in [5, 5.41) is 8.55. The van der Waals surface area contributed by atoms with Crippen molar-refractivity contribution in [3.05, 3.63) is 0 Å². The maximum atomic E-state index is 10.4. The van der Waals surface area contributed by atoms with E-state index in [9.17, 15) is 4.79 Å². The van der Waals surface area contributed by atoms with Gasteiger partial charge in [-0.1, -0.05) is 0 Å². The van der Waals surface area contributed by atoms with Crippen LogP contribution in [0.5, 0.6) is 0 Å². The first-order chi connectivity index (χ1) is 6.20. The number of ether oxygens (including phenoxy) is 1. The molecule has 76 valence electrons. The second-order valence-electron chi connectivity index (χ2n) is 3.51. The molecule has 4 heteroatoms. The maximum absolute atomic E-state index is 10.4. The van der Waals surface area contributed by atoms with E-state index in [1.807, 2.05) is 0 Å². The summed E-state index contributed by atoms with van der Waals surface area (Å²) in [5.41, 5.74) is 5.38. The summed E-state index contributed by atoms with van der Waals surface area (Å²) in [5.74, 6) is -0.921. The third kappa shape index (κ3) is 3.74. The van der Waals surface area contributed by atoms with Crippen LogP contribution >= 0.6 is 0 Å². The highest BCUT2D eigenvalue weighted by atomic mass is 16.5. The average Bonchev–Trinajstić information content (AvgIpc) is 2.15. The van der Waals surface area contributed by atoms with Gasteiger partial charge >= 0.3 is 5.97 Å². The summed E-state index contributed by atoms with van der Waals surface area (Å²) in [7, 11) is 0. The van der Waals surface area contributed by atoms with Crippen LogP contribution in [0, 0.1) is 0 Å². The Kier molecular flexibility index (Phi) is 4.18. The Balaban J connectivity index is 2.13. The molecular weight excluding hydrogens is 170 g/mol. The molecule has 0 aromatic carbocycles. The molecule has 2 atom stereocenters. The van der Waals surface area contributed by atoms with Crippen molar-refractivity contribution >= 4 is 5.97 Å². The van der Waals surface area contributed by atoms with Crippen molar-refractivity contribution < 1.29 is 14.6 Å². The van der Waals surface area contributed by atoms with Gasteiger partial charge in [-0.3, -0.25) is 4.79 Å². The molecule has 1 fully saturated rings. The fraction of sp³-hybridized carbons (Fsp3) is 0.889. The highest BCUT2D eigenvalue weighted by Crippen LogP contribution is 2.17. The van der Waals surface area contributed by atoms with Crippen LogP contribution in [0.4, 0.5) is 0 Å². The Morgan fingerprint density at radius 2 is 2.38 bits per heavy atom. The van der Waals surface area contributed by atoms with E-state index in [2.05, 4.69) is 0 Å². The van der Waals surface area contributed by atoms with Gasteiger partial charge in [0.2, 0.25) is 0 Å². The summed E-state index contributed by atoms with van der Waals surface area (Å²) in [4.78, 5) is 10.4. The van der Waals surface area contributed by atoms with E-state index in [0.717, 1.165) is 25.9 Å². The second kappa shape index (κ2) is 5.19. The lowest BCUT2D eigenvalue weighted by Crippen LogP contribution is -2.32. The largest absolute Gasteiger partial charge is 0.480 e. The predicted molar refractivity (Wildman–Crippen MR) is 48.4 cm³/mol. The Labute approximate surface area is 78.1 Å². The highest BCUT2D eigenvalue weighted by Gasteiger charge is 2.17. The lowest BCUT2D eigenvalue weighted by atomic mass is 10.0. The average molecular weight is 187 g/mol. The van der Waals surface area contributed by atoms with E-state index < -0.39 is 12.0 Å². The molecule has 1 unspecified atom stereocenters. The topological polar surface area (TPSA) is 72.5 Å². The van der Waals surface area contributed by atoms with Gasteiger partial charge in [-0.2, -0.15) is 0 Å². The predicted octanol–water partition coefficient (Wildman–Crippen LogP) is 0.748. The van der Waals surface area contributed by atoms with Crippen LogP contribution < -0.4 is 5.73 Å². The van der Waals surface area contributed by atoms with Crippen LogP contribution in [0.15, 0.2) is 0 Å². The van der Waals surface area contributed by atoms with E-state index in [1.54, 1.807) is 0 Å². The van der Waals surface area contributed by atoms with Crippen molar-refractivity contribution in [1.82, 2.24) is 0 Å². The van der Waals surface area contributed by atoms with Gasteiger partial charge in [-0.15, -0.1) is 0 Å². The molecule has 0 saturated carbocycles. The molecule has 4 nitrogen and oxygen atoms in total. The Morgan fingerprint density at radius 1 is 1.62 bits per heavy atom. The summed E-state index contributed by atoms with van der Waals surface area (Å²) < 4.78 is 5.46. The smallest absolute Gasteiger partial charge is 0.320 e. The number of carboxylic acids is 1. The molecule has 0 radical (unpaired) electrons. The third-order valence-corrected chi connectivity index (χ3v) is 2.39. The molecule has 1 saturated heterocycles. The molecule has 0 aromatic rings. The van der Waals surface area contributed by atoms with Crippen LogP contribution in [0.2, 0.25) is 0 Å². The van der Waals surface area contributed by atoms with Crippen molar-refractivity contribution in [3.8, 4) is 0 Å². The van der Waals surface area contributed by atoms with Gasteiger partial charge in [-0.25, -0.2) is 0 Å². The molecule has 0 aromatic heterocycles. The number of hydrogen-bond acceptors (Lipinski definition) is 3. The fourth-order valence-electron chi connectivity index (χ4n) is 1.52. The first-order valence-corrected chi connectivity index (χ1v) is 4.80. The lowest BCUT2D eigenvalue weighted by Gasteiger charge is -2.22. The van der Waals surface area contributed by atoms with Gasteiger partial charge in [0, 0.05) is 6.61 Å². The minimum absolute atomic E-state index is 0.235. The summed E-state index contributed by atoms with van der Waals surface area (Å²) in [6, 6.07) is -0.731. The quantitative estimate of drug-likeness (QED) is 0.681. The normalized spacial score (nSPS) is 25.5. The first kappa shape index (κ1) is 10.5. The molecule has 0 amide bonds. The molecule has 1 heterocycles. The Bertz CT molecular complexity index is 166. The maximum Gasteiger partial charge on any atom is 0.320 e. The lowest BCUT2D eigenvalue weighted by molar-refractivity contribution is -0.138. The zero-order valence-corrected chi connectivity index (χ0v) is 7.74. The number of carboxylic acid groups (broad SMARTS) is 1. The number of hydrogen-bond donors (Lipinski definition) is 2. The number of rotatable bonds is 4. The van der Waals surface area contributed by atoms with Gasteiger partial charge in [0.25, 0.3) is 0 Å². The zero-order chi connectivity index (χ0) is 9.68. The highest BCUT2D eigenvalue weighted by molar-refractivity contribution is 5.72. The van der Waals surface area contributed by atoms with Crippen LogP contribution in [-0.2, 0) is 9.53 Å². The standard InChI is InChI=1S/C9H17NO3/c10-8(9(11)12)5-4-7-3-1-2-6-13-7/h7-8H,1-6,10H2,(H,11,12)/t7?,8-/m0/s1. The van der Waals surface area contributed by atoms with E-state index in [0.29, 0.717) is 6.42 Å². The molecule has 0 spiro atoms. The third-order valence-electron chi connectivity index (χ3n) is 2.39. The van der Waals surface area contributed by atoms with E-state index in [1.165, 1.54) is 6.42 Å². The minimum atomic E-state index is -0.921. The first-order valence-electron chi connectivity index (χ1n) is 4.80. The molecule has 1 aliphatic rings. The van der Waals surface area contributed by atoms with Crippen LogP contribution in [0.25, 0.3) is 0 Å². The van der Waals surface area contributed by atoms with Crippen molar-refractivity contribution in [2.24, 2.45) is 5.73 Å². The Hall–Kier alpha value is -0.610. The zero-order valence-electron chi connectivity index (χ0n) is 7.74. The summed E-state index contributed by atoms with van der Waals surface area (Å²) in [6.07, 6.45) is 4.88. The van der Waals surface area contributed by atoms with Gasteiger partial charge in [0.15, 0.2) is 0 Å². The van der Waals surface area contributed by atoms with E-state index in [-0.39, 0.29) is 6.10 Å². The van der Waals surface area contributed by atoms with Crippen LogP contribution in [0.1, 0.15) is 32.1 Å². The van der Waals surface area contributed by atoms with Crippen molar-refractivity contribution in [2.75, 3.05) is 6.61 Å². The van der Waals surface area contributed by atoms with Gasteiger partial charge in [-0.05, 0) is 32.1 Å². The Morgan fingerprint density at radius 3 is 2.92 bits per heavy atom. The molecule has 0 aliphatic carbocycles. The SMILES string of the molecule is N[C@@H](CCC1CCCCO1)C(=O)O. The fourth-order valence-corrected chi connectivity index (χ4v) is 1.52. The van der Waals surface area contributed by atoms with Gasteiger partial charge in [0.05, 0.1) is 6.10 Å². The summed E-state index contributed by atoms with van der Waals surface area (Å²) in [6.45, 7) is 0.812. The monoisotopic (exact) mass is 187 g/mol. The van der Waals surface area contributed by atoms with E-state index in [4.69, 9.17) is 15.6 Å². The number of aliphatic carboxylic acids is 1. The van der Waals surface area contributed by atoms with Gasteiger partial charge in [0.1, 0.15) is 6.04 Å². The van der Waals surface area contributed by atoms with Gasteiger partial charge < -0.3 is 15.6 Å². The van der Waals surface area contributed by atoms with Crippen LogP contribution in [-0.4, -0.2) is 29.8 Å². The van der Waals surface area contributed by atoms with Crippen molar-refractivity contribution in [1.29, 1.82) is 0 Å². The molecule has 1 rings (SSSR count).